The molecule has 0 bridgehead atoms. The number of anilines is 2. The molecule has 1 aliphatic heterocycles. The van der Waals surface area contributed by atoms with Crippen LogP contribution in [-0.4, -0.2) is 23.8 Å². The third-order valence-corrected chi connectivity index (χ3v) is 5.90. The van der Waals surface area contributed by atoms with Crippen LogP contribution >= 0.6 is 24.0 Å². The van der Waals surface area contributed by atoms with E-state index in [1.807, 2.05) is 53.6 Å². The van der Waals surface area contributed by atoms with Gasteiger partial charge in [0.05, 0.1) is 5.69 Å². The summed E-state index contributed by atoms with van der Waals surface area (Å²) in [5.74, 6) is -0.00313. The molecule has 0 atom stereocenters. The Balaban J connectivity index is 1.53. The summed E-state index contributed by atoms with van der Waals surface area (Å²) < 4.78 is 0. The van der Waals surface area contributed by atoms with Crippen molar-refractivity contribution in [1.29, 1.82) is 0 Å². The summed E-state index contributed by atoms with van der Waals surface area (Å²) in [6.07, 6.45) is 2.91. The summed E-state index contributed by atoms with van der Waals surface area (Å²) >= 11 is 7.29. The Morgan fingerprint density at radius 3 is 2.32 bits per heavy atom. The number of hydrogen-bond acceptors (Lipinski definition) is 3. The molecule has 4 rings (SSSR count). The number of hydrogen-bond donors (Lipinski definition) is 0. The number of rotatable bonds is 5. The molecule has 0 radical (unpaired) electrons. The fraction of sp³-hybridized carbons (Fsp3) is 0.130. The molecular formula is C23H20N2OS2. The zero-order valence-corrected chi connectivity index (χ0v) is 17.2. The van der Waals surface area contributed by atoms with Crippen LogP contribution in [0.4, 0.5) is 11.4 Å². The summed E-state index contributed by atoms with van der Waals surface area (Å²) in [6, 6.07) is 26.6. The third-order valence-electron chi connectivity index (χ3n) is 4.78. The van der Waals surface area contributed by atoms with Crippen LogP contribution in [0, 0.1) is 0 Å². The first-order valence-electron chi connectivity index (χ1n) is 9.07. The molecule has 0 aromatic heterocycles. The van der Waals surface area contributed by atoms with Crippen LogP contribution in [0.1, 0.15) is 11.1 Å². The number of thioether (sulfide) groups is 1. The highest BCUT2D eigenvalue weighted by molar-refractivity contribution is 7.98. The van der Waals surface area contributed by atoms with E-state index in [-0.39, 0.29) is 12.5 Å². The lowest BCUT2D eigenvalue weighted by atomic mass is 10.0. The van der Waals surface area contributed by atoms with Gasteiger partial charge in [-0.25, -0.2) is 0 Å². The lowest BCUT2D eigenvalue weighted by Gasteiger charge is -2.21. The fourth-order valence-electron chi connectivity index (χ4n) is 3.33. The van der Waals surface area contributed by atoms with Crippen LogP contribution in [0.3, 0.4) is 0 Å². The number of thiocarbonyl (C=S) groups is 1. The first-order valence-corrected chi connectivity index (χ1v) is 10.7. The second kappa shape index (κ2) is 8.17. The lowest BCUT2D eigenvalue weighted by molar-refractivity contribution is -0.115. The Morgan fingerprint density at radius 1 is 0.893 bits per heavy atom. The lowest BCUT2D eigenvalue weighted by Crippen LogP contribution is -2.32. The van der Waals surface area contributed by atoms with Gasteiger partial charge < -0.3 is 4.90 Å². The van der Waals surface area contributed by atoms with E-state index in [2.05, 4.69) is 36.4 Å². The van der Waals surface area contributed by atoms with Crippen molar-refractivity contribution in [1.82, 2.24) is 0 Å². The monoisotopic (exact) mass is 404 g/mol. The Bertz CT molecular complexity index is 1000. The Labute approximate surface area is 175 Å². The van der Waals surface area contributed by atoms with E-state index >= 15 is 0 Å². The molecule has 0 unspecified atom stereocenters. The Morgan fingerprint density at radius 2 is 1.61 bits per heavy atom. The molecular weight excluding hydrogens is 384 g/mol. The van der Waals surface area contributed by atoms with E-state index in [0.717, 1.165) is 22.7 Å². The topological polar surface area (TPSA) is 23.6 Å². The number of nitrogens with zero attached hydrogens (tertiary/aromatic N) is 2. The van der Waals surface area contributed by atoms with Gasteiger partial charge in [-0.05, 0) is 66.4 Å². The highest BCUT2D eigenvalue weighted by atomic mass is 32.2. The molecule has 28 heavy (non-hydrogen) atoms. The molecule has 0 N–H and O–H groups in total. The number of amides is 1. The maximum absolute atomic E-state index is 12.7. The summed E-state index contributed by atoms with van der Waals surface area (Å²) in [5.41, 5.74) is 4.28. The highest BCUT2D eigenvalue weighted by Gasteiger charge is 2.34. The zero-order valence-electron chi connectivity index (χ0n) is 15.5. The van der Waals surface area contributed by atoms with Crippen LogP contribution < -0.4 is 9.80 Å². The highest BCUT2D eigenvalue weighted by Crippen LogP contribution is 2.29. The first-order chi connectivity index (χ1) is 13.7. The van der Waals surface area contributed by atoms with Crippen molar-refractivity contribution in [3.05, 3.63) is 90.0 Å². The maximum Gasteiger partial charge on any atom is 0.253 e. The van der Waals surface area contributed by atoms with Crippen molar-refractivity contribution in [2.75, 3.05) is 22.6 Å². The van der Waals surface area contributed by atoms with Gasteiger partial charge in [0.1, 0.15) is 6.54 Å². The SMILES string of the molecule is CSc1cccc(N2C(=O)CN(c3ccc(Cc4ccccc4)cc3)C2=S)c1. The maximum atomic E-state index is 12.7. The van der Waals surface area contributed by atoms with Crippen molar-refractivity contribution in [3.63, 3.8) is 0 Å². The first kappa shape index (κ1) is 18.7. The molecule has 140 valence electrons. The van der Waals surface area contributed by atoms with E-state index in [0.29, 0.717) is 5.11 Å². The van der Waals surface area contributed by atoms with Gasteiger partial charge in [0, 0.05) is 10.6 Å². The molecule has 1 saturated heterocycles. The van der Waals surface area contributed by atoms with Crippen molar-refractivity contribution in [2.24, 2.45) is 0 Å². The van der Waals surface area contributed by atoms with Gasteiger partial charge in [-0.1, -0.05) is 48.5 Å². The van der Waals surface area contributed by atoms with Gasteiger partial charge in [0.2, 0.25) is 0 Å². The molecule has 3 aromatic rings. The second-order valence-electron chi connectivity index (χ2n) is 6.63. The van der Waals surface area contributed by atoms with E-state index in [1.165, 1.54) is 11.1 Å². The van der Waals surface area contributed by atoms with Crippen LogP contribution in [-0.2, 0) is 11.2 Å². The molecule has 0 aliphatic carbocycles. The molecule has 3 aromatic carbocycles. The molecule has 1 amide bonds. The predicted molar refractivity (Wildman–Crippen MR) is 121 cm³/mol. The second-order valence-corrected chi connectivity index (χ2v) is 7.87. The van der Waals surface area contributed by atoms with Crippen molar-refractivity contribution in [3.8, 4) is 0 Å². The molecule has 0 spiro atoms. The van der Waals surface area contributed by atoms with Crippen molar-refractivity contribution >= 4 is 46.4 Å². The van der Waals surface area contributed by atoms with Gasteiger partial charge in [0.25, 0.3) is 5.91 Å². The van der Waals surface area contributed by atoms with Gasteiger partial charge in [-0.15, -0.1) is 11.8 Å². The number of carbonyl (C=O) groups is 1. The van der Waals surface area contributed by atoms with E-state index in [4.69, 9.17) is 12.2 Å². The quantitative estimate of drug-likeness (QED) is 0.434. The van der Waals surface area contributed by atoms with Crippen molar-refractivity contribution in [2.45, 2.75) is 11.3 Å². The van der Waals surface area contributed by atoms with Crippen LogP contribution in [0.15, 0.2) is 83.8 Å². The summed E-state index contributed by atoms with van der Waals surface area (Å²) in [4.78, 5) is 17.3. The third kappa shape index (κ3) is 3.81. The standard InChI is InChI=1S/C23H20N2OS2/c1-28-21-9-5-8-20(15-21)25-22(26)16-24(23(25)27)19-12-10-18(11-13-19)14-17-6-3-2-4-7-17/h2-13,15H,14,16H2,1H3. The van der Waals surface area contributed by atoms with E-state index < -0.39 is 0 Å². The molecule has 1 fully saturated rings. The van der Waals surface area contributed by atoms with Crippen LogP contribution in [0.25, 0.3) is 0 Å². The minimum atomic E-state index is -0.00313. The Hall–Kier alpha value is -2.63. The van der Waals surface area contributed by atoms with Gasteiger partial charge in [0.15, 0.2) is 5.11 Å². The van der Waals surface area contributed by atoms with Gasteiger partial charge in [-0.2, -0.15) is 0 Å². The number of benzene rings is 3. The van der Waals surface area contributed by atoms with Gasteiger partial charge in [-0.3, -0.25) is 9.69 Å². The number of carbonyl (C=O) groups excluding carboxylic acids is 1. The normalized spacial score (nSPS) is 14.0. The zero-order chi connectivity index (χ0) is 19.5. The average molecular weight is 405 g/mol. The summed E-state index contributed by atoms with van der Waals surface area (Å²) in [5, 5.41) is 0.527. The molecule has 1 heterocycles. The predicted octanol–water partition coefficient (Wildman–Crippen LogP) is 5.14. The Kier molecular flexibility index (Phi) is 5.46. The van der Waals surface area contributed by atoms with Crippen molar-refractivity contribution < 1.29 is 4.79 Å². The largest absolute Gasteiger partial charge is 0.309 e. The minimum absolute atomic E-state index is 0.00313. The van der Waals surface area contributed by atoms with Gasteiger partial charge >= 0.3 is 0 Å². The average Bonchev–Trinajstić information content (AvgIpc) is 3.03. The molecule has 0 saturated carbocycles. The van der Waals surface area contributed by atoms with E-state index in [1.54, 1.807) is 16.7 Å². The van der Waals surface area contributed by atoms with E-state index in [9.17, 15) is 4.79 Å². The summed E-state index contributed by atoms with van der Waals surface area (Å²) in [7, 11) is 0. The molecule has 5 heteroatoms. The summed E-state index contributed by atoms with van der Waals surface area (Å²) in [6.45, 7) is 0.264. The van der Waals surface area contributed by atoms with Crippen LogP contribution in [0.5, 0.6) is 0 Å². The fourth-order valence-corrected chi connectivity index (χ4v) is 4.16. The van der Waals surface area contributed by atoms with Crippen LogP contribution in [0.2, 0.25) is 0 Å². The molecule has 1 aliphatic rings. The smallest absolute Gasteiger partial charge is 0.253 e. The minimum Gasteiger partial charge on any atom is -0.309 e. The molecule has 3 nitrogen and oxygen atoms in total.